The molecule has 5 heteroatoms. The molecule has 1 aliphatic rings. The highest BCUT2D eigenvalue weighted by molar-refractivity contribution is 6.32. The Kier molecular flexibility index (Phi) is 4.91. The molecule has 1 aliphatic heterocycles. The van der Waals surface area contributed by atoms with Crippen LogP contribution in [-0.2, 0) is 6.54 Å². The lowest BCUT2D eigenvalue weighted by Gasteiger charge is -2.22. The summed E-state index contributed by atoms with van der Waals surface area (Å²) < 4.78 is 11.0. The van der Waals surface area contributed by atoms with E-state index in [9.17, 15) is 5.11 Å². The first-order valence-electron chi connectivity index (χ1n) is 6.51. The van der Waals surface area contributed by atoms with Crippen LogP contribution in [0.3, 0.4) is 0 Å². The van der Waals surface area contributed by atoms with Crippen molar-refractivity contribution in [2.75, 3.05) is 26.8 Å². The molecule has 0 radical (unpaired) electrons. The molecule has 1 aromatic rings. The van der Waals surface area contributed by atoms with E-state index in [1.807, 2.05) is 19.2 Å². The Hall–Kier alpha value is -0.970. The van der Waals surface area contributed by atoms with Crippen molar-refractivity contribution in [2.24, 2.45) is 0 Å². The van der Waals surface area contributed by atoms with Gasteiger partial charge in [-0.25, -0.2) is 0 Å². The van der Waals surface area contributed by atoms with Crippen molar-refractivity contribution in [3.05, 3.63) is 22.7 Å². The first-order valence-corrected chi connectivity index (χ1v) is 6.88. The fourth-order valence-electron chi connectivity index (χ4n) is 2.05. The Balaban J connectivity index is 2.02. The van der Waals surface area contributed by atoms with Crippen LogP contribution in [0.25, 0.3) is 0 Å². The normalized spacial score (nSPS) is 15.6. The lowest BCUT2D eigenvalue weighted by molar-refractivity contribution is 0.162. The van der Waals surface area contributed by atoms with Crippen LogP contribution < -0.4 is 9.47 Å². The quantitative estimate of drug-likeness (QED) is 0.901. The van der Waals surface area contributed by atoms with Gasteiger partial charge in [0.2, 0.25) is 0 Å². The van der Waals surface area contributed by atoms with Crippen molar-refractivity contribution in [1.29, 1.82) is 0 Å². The summed E-state index contributed by atoms with van der Waals surface area (Å²) in [7, 11) is 2.02. The maximum absolute atomic E-state index is 9.29. The van der Waals surface area contributed by atoms with Gasteiger partial charge in [-0.05, 0) is 38.1 Å². The molecule has 0 spiro atoms. The minimum Gasteiger partial charge on any atom is -0.486 e. The maximum atomic E-state index is 9.29. The highest BCUT2D eigenvalue weighted by Gasteiger charge is 2.17. The van der Waals surface area contributed by atoms with Crippen LogP contribution in [0.5, 0.6) is 11.5 Å². The van der Waals surface area contributed by atoms with Gasteiger partial charge in [0.05, 0.1) is 11.1 Å². The summed E-state index contributed by atoms with van der Waals surface area (Å²) in [5.41, 5.74) is 1.09. The highest BCUT2D eigenvalue weighted by Crippen LogP contribution is 2.38. The Morgan fingerprint density at radius 3 is 2.84 bits per heavy atom. The van der Waals surface area contributed by atoms with E-state index < -0.39 is 0 Å². The molecular weight excluding hydrogens is 266 g/mol. The zero-order valence-corrected chi connectivity index (χ0v) is 12.1. The van der Waals surface area contributed by atoms with Gasteiger partial charge >= 0.3 is 0 Å². The zero-order valence-electron chi connectivity index (χ0n) is 11.4. The van der Waals surface area contributed by atoms with E-state index in [1.165, 1.54) is 0 Å². The standard InChI is InChI=1S/C14H20ClNO3/c1-10(17)3-4-16(2)9-11-7-12(15)14-13(8-11)18-5-6-19-14/h7-8,10,17H,3-6,9H2,1-2H3. The zero-order chi connectivity index (χ0) is 13.8. The highest BCUT2D eigenvalue weighted by atomic mass is 35.5. The van der Waals surface area contributed by atoms with Gasteiger partial charge in [-0.1, -0.05) is 11.6 Å². The summed E-state index contributed by atoms with van der Waals surface area (Å²) in [4.78, 5) is 2.15. The van der Waals surface area contributed by atoms with E-state index in [2.05, 4.69) is 4.90 Å². The van der Waals surface area contributed by atoms with Crippen molar-refractivity contribution < 1.29 is 14.6 Å². The number of hydrogen-bond donors (Lipinski definition) is 1. The molecule has 0 saturated carbocycles. The fourth-order valence-corrected chi connectivity index (χ4v) is 2.34. The lowest BCUT2D eigenvalue weighted by Crippen LogP contribution is -2.22. The molecule has 4 nitrogen and oxygen atoms in total. The Morgan fingerprint density at radius 1 is 1.37 bits per heavy atom. The van der Waals surface area contributed by atoms with Crippen molar-refractivity contribution >= 4 is 11.6 Å². The minimum absolute atomic E-state index is 0.272. The average molecular weight is 286 g/mol. The van der Waals surface area contributed by atoms with Gasteiger partial charge in [0.1, 0.15) is 13.2 Å². The summed E-state index contributed by atoms with van der Waals surface area (Å²) in [5, 5.41) is 9.88. The van der Waals surface area contributed by atoms with Crippen molar-refractivity contribution in [2.45, 2.75) is 26.0 Å². The molecule has 1 N–H and O–H groups in total. The van der Waals surface area contributed by atoms with E-state index >= 15 is 0 Å². The van der Waals surface area contributed by atoms with Gasteiger partial charge in [0, 0.05) is 13.1 Å². The van der Waals surface area contributed by atoms with Gasteiger partial charge in [-0.2, -0.15) is 0 Å². The third kappa shape index (κ3) is 4.00. The van der Waals surface area contributed by atoms with Crippen LogP contribution in [0.15, 0.2) is 12.1 Å². The summed E-state index contributed by atoms with van der Waals surface area (Å²) in [6.45, 7) is 4.51. The van der Waals surface area contributed by atoms with Crippen LogP contribution in [0.1, 0.15) is 18.9 Å². The Morgan fingerprint density at radius 2 is 2.11 bits per heavy atom. The number of ether oxygens (including phenoxy) is 2. The van der Waals surface area contributed by atoms with Crippen molar-refractivity contribution in [3.63, 3.8) is 0 Å². The molecule has 1 unspecified atom stereocenters. The number of benzene rings is 1. The predicted octanol–water partition coefficient (Wildman–Crippen LogP) is 2.31. The third-order valence-corrected chi connectivity index (χ3v) is 3.32. The predicted molar refractivity (Wildman–Crippen MR) is 75.1 cm³/mol. The number of halogens is 1. The van der Waals surface area contributed by atoms with Gasteiger partial charge in [0.25, 0.3) is 0 Å². The van der Waals surface area contributed by atoms with Crippen molar-refractivity contribution in [1.82, 2.24) is 4.90 Å². The molecule has 2 rings (SSSR count). The SMILES string of the molecule is CC(O)CCN(C)Cc1cc(Cl)c2c(c1)OCCO2. The number of hydrogen-bond acceptors (Lipinski definition) is 4. The number of aliphatic hydroxyl groups excluding tert-OH is 1. The molecule has 0 fully saturated rings. The second-order valence-corrected chi connectivity index (χ2v) is 5.38. The van der Waals surface area contributed by atoms with E-state index in [4.69, 9.17) is 21.1 Å². The van der Waals surface area contributed by atoms with Crippen LogP contribution in [0, 0.1) is 0 Å². The second-order valence-electron chi connectivity index (χ2n) is 4.98. The largest absolute Gasteiger partial charge is 0.486 e. The molecule has 19 heavy (non-hydrogen) atoms. The molecule has 0 amide bonds. The molecule has 1 aromatic carbocycles. The van der Waals surface area contributed by atoms with Crippen LogP contribution in [0.2, 0.25) is 5.02 Å². The van der Waals surface area contributed by atoms with Gasteiger partial charge in [-0.15, -0.1) is 0 Å². The average Bonchev–Trinajstić information content (AvgIpc) is 2.36. The molecule has 0 saturated heterocycles. The van der Waals surface area contributed by atoms with E-state index in [-0.39, 0.29) is 6.10 Å². The Bertz CT molecular complexity index is 437. The number of rotatable bonds is 5. The molecule has 0 aliphatic carbocycles. The summed E-state index contributed by atoms with van der Waals surface area (Å²) in [5.74, 6) is 1.36. The van der Waals surface area contributed by atoms with Crippen LogP contribution in [-0.4, -0.2) is 42.9 Å². The maximum Gasteiger partial charge on any atom is 0.179 e. The lowest BCUT2D eigenvalue weighted by atomic mass is 10.1. The molecule has 0 aromatic heterocycles. The second kappa shape index (κ2) is 6.46. The first-order chi connectivity index (χ1) is 9.06. The minimum atomic E-state index is -0.272. The van der Waals surface area contributed by atoms with Crippen LogP contribution in [0.4, 0.5) is 0 Å². The Labute approximate surface area is 118 Å². The summed E-state index contributed by atoms with van der Waals surface area (Å²) in [6.07, 6.45) is 0.487. The number of fused-ring (bicyclic) bond motifs is 1. The summed E-state index contributed by atoms with van der Waals surface area (Å²) in [6, 6.07) is 3.88. The number of aliphatic hydroxyl groups is 1. The van der Waals surface area contributed by atoms with Gasteiger partial charge < -0.3 is 19.5 Å². The van der Waals surface area contributed by atoms with E-state index in [0.29, 0.717) is 24.0 Å². The van der Waals surface area contributed by atoms with Gasteiger partial charge in [-0.3, -0.25) is 0 Å². The molecule has 0 bridgehead atoms. The fraction of sp³-hybridized carbons (Fsp3) is 0.571. The molecular formula is C14H20ClNO3. The third-order valence-electron chi connectivity index (χ3n) is 3.04. The smallest absolute Gasteiger partial charge is 0.179 e. The van der Waals surface area contributed by atoms with Gasteiger partial charge in [0.15, 0.2) is 11.5 Å². The monoisotopic (exact) mass is 285 g/mol. The molecule has 1 atom stereocenters. The van der Waals surface area contributed by atoms with Crippen molar-refractivity contribution in [3.8, 4) is 11.5 Å². The molecule has 1 heterocycles. The topological polar surface area (TPSA) is 41.9 Å². The van der Waals surface area contributed by atoms with Crippen LogP contribution >= 0.6 is 11.6 Å². The van der Waals surface area contributed by atoms with E-state index in [0.717, 1.165) is 30.8 Å². The summed E-state index contributed by atoms with van der Waals surface area (Å²) >= 11 is 6.19. The van der Waals surface area contributed by atoms with E-state index in [1.54, 1.807) is 6.92 Å². The number of nitrogens with zero attached hydrogens (tertiary/aromatic N) is 1. The first kappa shape index (κ1) is 14.4. The molecule has 106 valence electrons.